The average Bonchev–Trinajstić information content (AvgIpc) is 2.77. The summed E-state index contributed by atoms with van der Waals surface area (Å²) in [6.07, 6.45) is -27.0. The Morgan fingerprint density at radius 3 is 1.73 bits per heavy atom. The first-order chi connectivity index (χ1) is 18.2. The Kier molecular flexibility index (Phi) is 13.8. The van der Waals surface area contributed by atoms with Crippen LogP contribution in [0.15, 0.2) is 0 Å². The minimum Gasteiger partial charge on any atom is -0.387 e. The van der Waals surface area contributed by atoms with Crippen molar-refractivity contribution < 1.29 is 120 Å². The molecule has 0 aliphatic carbocycles. The zero-order chi connectivity index (χ0) is 32.3. The van der Waals surface area contributed by atoms with Crippen molar-refractivity contribution in [1.82, 2.24) is 0 Å². The molecule has 29 heteroatoms. The van der Waals surface area contributed by atoms with Gasteiger partial charge in [-0.15, -0.1) is 0 Å². The van der Waals surface area contributed by atoms with E-state index in [1.54, 1.807) is 0 Å². The average molecular weight is 694 g/mol. The number of aliphatic hydroxyl groups excluding tert-OH is 7. The van der Waals surface area contributed by atoms with Gasteiger partial charge in [-0.05, 0) is 0 Å². The van der Waals surface area contributed by atoms with Gasteiger partial charge in [0.2, 0.25) is 0 Å². The molecule has 11 atom stereocenters. The van der Waals surface area contributed by atoms with Gasteiger partial charge >= 0.3 is 37.3 Å². The molecule has 1 aliphatic rings. The van der Waals surface area contributed by atoms with Crippen molar-refractivity contribution in [3.63, 3.8) is 0 Å². The topological polar surface area (TPSA) is 424 Å². The van der Waals surface area contributed by atoms with E-state index in [4.69, 9.17) is 34.1 Å². The van der Waals surface area contributed by atoms with Gasteiger partial charge in [0.15, 0.2) is 24.8 Å². The number of hydrogen-bond donors (Lipinski definition) is 14. The van der Waals surface area contributed by atoms with Gasteiger partial charge in [-0.1, -0.05) is 0 Å². The fraction of sp³-hybridized carbons (Fsp3) is 0.917. The van der Waals surface area contributed by atoms with Crippen LogP contribution < -0.4 is 0 Å². The van der Waals surface area contributed by atoms with Crippen molar-refractivity contribution in [2.24, 2.45) is 0 Å². The van der Waals surface area contributed by atoms with Crippen molar-refractivity contribution in [2.45, 2.75) is 61.4 Å². The summed E-state index contributed by atoms with van der Waals surface area (Å²) in [5.74, 6) is -2.37. The van der Waals surface area contributed by atoms with E-state index in [9.17, 15) is 63.7 Å². The maximum atomic E-state index is 12.3. The van der Waals surface area contributed by atoms with Gasteiger partial charge in [-0.25, -0.2) is 23.1 Å². The molecular formula is C12H26O25P4. The number of carbonyl (C=O) groups is 1. The molecular weight excluding hydrogens is 668 g/mol. The highest BCUT2D eigenvalue weighted by atomic mass is 31.2. The fourth-order valence-corrected chi connectivity index (χ4v) is 4.89. The predicted octanol–water partition coefficient (Wildman–Crippen LogP) is -6.45. The maximum absolute atomic E-state index is 12.3. The lowest BCUT2D eigenvalue weighted by atomic mass is 9.99. The van der Waals surface area contributed by atoms with Gasteiger partial charge in [-0.3, -0.25) is 23.0 Å². The summed E-state index contributed by atoms with van der Waals surface area (Å²) in [5.41, 5.74) is 0. The van der Waals surface area contributed by atoms with Crippen LogP contribution in [0.4, 0.5) is 0 Å². The molecule has 1 fully saturated rings. The van der Waals surface area contributed by atoms with E-state index in [1.807, 2.05) is 0 Å². The number of rotatable bonds is 15. The molecule has 0 bridgehead atoms. The first-order valence-corrected chi connectivity index (χ1v) is 16.2. The normalized spacial score (nSPS) is 29.6. The van der Waals surface area contributed by atoms with E-state index in [1.165, 1.54) is 0 Å². The van der Waals surface area contributed by atoms with Crippen molar-refractivity contribution in [3.05, 3.63) is 0 Å². The quantitative estimate of drug-likeness (QED) is 0.0559. The van der Waals surface area contributed by atoms with Crippen molar-refractivity contribution in [3.8, 4) is 0 Å². The summed E-state index contributed by atoms with van der Waals surface area (Å²) < 4.78 is 69.8. The standard InChI is InChI=1S/C12H26O25P4/c13-3-2(1-32-38(21,22)23)33-12(37-40(27,28)29)9(6(3)16)34-41(30,31)36-11(20)8(18)5(15)4(14)7(17)10(19)35-39(24,25)26/h2-10,12-19H,1H2,(H,30,31)(H2,21,22,23)(H2,24,25,26)(H2,27,28,29)/t2-,3-,4+,5+,6+,7+,8-,9-,10?,12-/m1/s1. The van der Waals surface area contributed by atoms with Gasteiger partial charge in [0.25, 0.3) is 0 Å². The number of ether oxygens (including phenoxy) is 1. The number of carbonyl (C=O) groups excluding carboxylic acids is 1. The molecule has 1 aliphatic heterocycles. The van der Waals surface area contributed by atoms with Crippen LogP contribution >= 0.6 is 31.3 Å². The van der Waals surface area contributed by atoms with Crippen molar-refractivity contribution >= 4 is 37.3 Å². The third-order valence-corrected chi connectivity index (χ3v) is 6.93. The lowest BCUT2D eigenvalue weighted by Gasteiger charge is -2.41. The summed E-state index contributed by atoms with van der Waals surface area (Å²) in [6.45, 7) is -1.26. The summed E-state index contributed by atoms with van der Waals surface area (Å²) >= 11 is 0. The maximum Gasteiger partial charge on any atom is 0.530 e. The van der Waals surface area contributed by atoms with Crippen molar-refractivity contribution in [2.75, 3.05) is 6.61 Å². The molecule has 25 nitrogen and oxygen atoms in total. The zero-order valence-electron chi connectivity index (χ0n) is 19.5. The molecule has 0 aromatic heterocycles. The first kappa shape index (κ1) is 38.7. The van der Waals surface area contributed by atoms with Crippen LogP contribution in [0, 0.1) is 0 Å². The van der Waals surface area contributed by atoms with Gasteiger partial charge < -0.3 is 74.4 Å². The lowest BCUT2D eigenvalue weighted by Crippen LogP contribution is -2.59. The van der Waals surface area contributed by atoms with Crippen LogP contribution in [0.3, 0.4) is 0 Å². The fourth-order valence-electron chi connectivity index (χ4n) is 2.79. The van der Waals surface area contributed by atoms with E-state index in [-0.39, 0.29) is 0 Å². The van der Waals surface area contributed by atoms with E-state index in [2.05, 4.69) is 22.6 Å². The van der Waals surface area contributed by atoms with Gasteiger partial charge in [0, 0.05) is 0 Å². The lowest BCUT2D eigenvalue weighted by molar-refractivity contribution is -0.276. The number of phosphoric ester groups is 4. The van der Waals surface area contributed by atoms with Gasteiger partial charge in [-0.2, -0.15) is 0 Å². The van der Waals surface area contributed by atoms with Crippen LogP contribution in [0.1, 0.15) is 0 Å². The largest absolute Gasteiger partial charge is 0.530 e. The highest BCUT2D eigenvalue weighted by Gasteiger charge is 2.52. The van der Waals surface area contributed by atoms with Crippen LogP contribution in [-0.2, 0) is 50.4 Å². The Morgan fingerprint density at radius 2 is 1.27 bits per heavy atom. The first-order valence-electron chi connectivity index (χ1n) is 10.1. The van der Waals surface area contributed by atoms with Gasteiger partial charge in [0.1, 0.15) is 36.6 Å². The van der Waals surface area contributed by atoms with E-state index >= 15 is 0 Å². The Bertz CT molecular complexity index is 1060. The number of phosphoric acid groups is 4. The molecule has 0 aromatic carbocycles. The molecule has 1 rings (SSSR count). The van der Waals surface area contributed by atoms with Gasteiger partial charge in [0.05, 0.1) is 6.61 Å². The molecule has 0 aromatic rings. The smallest absolute Gasteiger partial charge is 0.387 e. The Hall–Kier alpha value is -0.370. The number of aliphatic hydroxyl groups is 7. The molecule has 244 valence electrons. The Labute approximate surface area is 226 Å². The molecule has 2 unspecified atom stereocenters. The molecule has 0 saturated carbocycles. The molecule has 1 saturated heterocycles. The number of hydrogen-bond acceptors (Lipinski definition) is 18. The van der Waals surface area contributed by atoms with E-state index in [0.29, 0.717) is 0 Å². The molecule has 1 heterocycles. The van der Waals surface area contributed by atoms with E-state index < -0.39 is 105 Å². The minimum absolute atomic E-state index is 1.26. The molecule has 0 radical (unpaired) electrons. The van der Waals surface area contributed by atoms with Crippen LogP contribution in [0.25, 0.3) is 0 Å². The second-order valence-electron chi connectivity index (χ2n) is 7.76. The summed E-state index contributed by atoms with van der Waals surface area (Å²) in [7, 11) is -22.4. The summed E-state index contributed by atoms with van der Waals surface area (Å²) in [6, 6.07) is 0. The Balaban J connectivity index is 3.03. The third-order valence-electron chi connectivity index (χ3n) is 4.56. The monoisotopic (exact) mass is 694 g/mol. The van der Waals surface area contributed by atoms with Crippen LogP contribution in [0.5, 0.6) is 0 Å². The second-order valence-corrected chi connectivity index (χ2v) is 12.7. The highest BCUT2D eigenvalue weighted by Crippen LogP contribution is 2.50. The van der Waals surface area contributed by atoms with E-state index in [0.717, 1.165) is 0 Å². The summed E-state index contributed by atoms with van der Waals surface area (Å²) in [4.78, 5) is 74.5. The molecule has 41 heavy (non-hydrogen) atoms. The third kappa shape index (κ3) is 13.0. The Morgan fingerprint density at radius 1 is 0.732 bits per heavy atom. The predicted molar refractivity (Wildman–Crippen MR) is 116 cm³/mol. The van der Waals surface area contributed by atoms with Crippen LogP contribution in [-0.4, -0.2) is 144 Å². The zero-order valence-corrected chi connectivity index (χ0v) is 23.1. The SMILES string of the molecule is O=C(OP(=O)(O)O[C@H]1[C@@H](OP(=O)(O)O)O[C@H](COP(=O)(O)O)[C@@H](O)[C@@H]1O)[C@H](O)[C@@H](O)[C@H](O)[C@H](O)C(O)OP(=O)(O)O. The molecule has 14 N–H and O–H groups in total. The minimum atomic E-state index is -6.02. The second kappa shape index (κ2) is 14.6. The van der Waals surface area contributed by atoms with Crippen molar-refractivity contribution in [1.29, 1.82) is 0 Å². The molecule has 0 spiro atoms. The summed E-state index contributed by atoms with van der Waals surface area (Å²) in [5, 5.41) is 68.4. The highest BCUT2D eigenvalue weighted by molar-refractivity contribution is 7.48. The van der Waals surface area contributed by atoms with Crippen LogP contribution in [0.2, 0.25) is 0 Å². The molecule has 0 amide bonds.